The molecule has 5 nitrogen and oxygen atoms in total. The van der Waals surface area contributed by atoms with Crippen LogP contribution in [-0.4, -0.2) is 31.8 Å². The number of carbonyl (C=O) groups excluding carboxylic acids is 1. The van der Waals surface area contributed by atoms with Crippen molar-refractivity contribution in [3.05, 3.63) is 23.8 Å². The molecule has 0 saturated carbocycles. The number of rotatable bonds is 8. The molecule has 0 fully saturated rings. The number of carbonyl (C=O) groups is 1. The minimum Gasteiger partial charge on any atom is -0.462 e. The second-order valence-corrected chi connectivity index (χ2v) is 5.14. The molecule has 0 aliphatic heterocycles. The maximum absolute atomic E-state index is 12.0. The fourth-order valence-corrected chi connectivity index (χ4v) is 1.94. The highest BCUT2D eigenvalue weighted by molar-refractivity contribution is 5.98. The Bertz CT molecular complexity index is 461. The van der Waals surface area contributed by atoms with Gasteiger partial charge in [0, 0.05) is 6.61 Å². The van der Waals surface area contributed by atoms with Gasteiger partial charge >= 0.3 is 5.97 Å². The van der Waals surface area contributed by atoms with E-state index in [9.17, 15) is 4.79 Å². The van der Waals surface area contributed by atoms with Crippen molar-refractivity contribution in [1.29, 1.82) is 0 Å². The van der Waals surface area contributed by atoms with Crippen LogP contribution in [0.15, 0.2) is 18.2 Å². The average molecular weight is 294 g/mol. The van der Waals surface area contributed by atoms with E-state index in [0.717, 1.165) is 0 Å². The summed E-state index contributed by atoms with van der Waals surface area (Å²) in [7, 11) is 0. The van der Waals surface area contributed by atoms with Crippen LogP contribution in [-0.2, 0) is 9.47 Å². The monoisotopic (exact) mass is 294 g/mol. The molecule has 0 spiro atoms. The summed E-state index contributed by atoms with van der Waals surface area (Å²) in [5, 5.41) is 3.34. The molecule has 0 aliphatic carbocycles. The fraction of sp³-hybridized carbons (Fsp3) is 0.562. The van der Waals surface area contributed by atoms with Crippen LogP contribution < -0.4 is 11.1 Å². The highest BCUT2D eigenvalue weighted by Gasteiger charge is 2.20. The van der Waals surface area contributed by atoms with Crippen molar-refractivity contribution in [2.45, 2.75) is 33.7 Å². The minimum absolute atomic E-state index is 0.0721. The van der Waals surface area contributed by atoms with Gasteiger partial charge in [-0.3, -0.25) is 0 Å². The van der Waals surface area contributed by atoms with Crippen LogP contribution in [0.2, 0.25) is 0 Å². The van der Waals surface area contributed by atoms with Crippen molar-refractivity contribution < 1.29 is 14.3 Å². The summed E-state index contributed by atoms with van der Waals surface area (Å²) in [5.41, 5.74) is 7.63. The largest absolute Gasteiger partial charge is 0.462 e. The molecule has 0 aromatic heterocycles. The Morgan fingerprint density at radius 2 is 2.00 bits per heavy atom. The number of esters is 1. The van der Waals surface area contributed by atoms with Gasteiger partial charge in [-0.2, -0.15) is 0 Å². The van der Waals surface area contributed by atoms with Crippen molar-refractivity contribution in [2.75, 3.05) is 30.9 Å². The van der Waals surface area contributed by atoms with Gasteiger partial charge in [-0.1, -0.05) is 19.9 Å². The summed E-state index contributed by atoms with van der Waals surface area (Å²) in [6.45, 7) is 9.48. The number of anilines is 2. The Labute approximate surface area is 126 Å². The number of hydrogen-bond donors (Lipinski definition) is 2. The molecule has 0 bridgehead atoms. The number of hydrogen-bond acceptors (Lipinski definition) is 5. The zero-order valence-electron chi connectivity index (χ0n) is 13.3. The Balaban J connectivity index is 3.01. The lowest BCUT2D eigenvalue weighted by molar-refractivity contribution is 0.0527. The van der Waals surface area contributed by atoms with Crippen molar-refractivity contribution in [1.82, 2.24) is 0 Å². The molecule has 1 aromatic carbocycles. The fourth-order valence-electron chi connectivity index (χ4n) is 1.94. The summed E-state index contributed by atoms with van der Waals surface area (Å²) < 4.78 is 10.6. The van der Waals surface area contributed by atoms with E-state index in [1.807, 2.05) is 6.92 Å². The Kier molecular flexibility index (Phi) is 7.02. The molecule has 21 heavy (non-hydrogen) atoms. The topological polar surface area (TPSA) is 73.6 Å². The molecule has 0 aliphatic rings. The van der Waals surface area contributed by atoms with E-state index in [1.165, 1.54) is 0 Å². The third-order valence-corrected chi connectivity index (χ3v) is 3.23. The lowest BCUT2D eigenvalue weighted by atomic mass is 10.0. The van der Waals surface area contributed by atoms with E-state index in [-0.39, 0.29) is 12.0 Å². The van der Waals surface area contributed by atoms with E-state index in [4.69, 9.17) is 15.2 Å². The number of nitrogen functional groups attached to an aromatic ring is 1. The molecule has 1 atom stereocenters. The minimum atomic E-state index is -0.369. The molecule has 0 heterocycles. The lowest BCUT2D eigenvalue weighted by Crippen LogP contribution is -2.32. The van der Waals surface area contributed by atoms with Crippen molar-refractivity contribution >= 4 is 17.3 Å². The molecule has 0 amide bonds. The predicted octanol–water partition coefficient (Wildman–Crippen LogP) is 2.92. The number of benzene rings is 1. The van der Waals surface area contributed by atoms with Gasteiger partial charge in [0.1, 0.15) is 0 Å². The molecule has 5 heteroatoms. The second-order valence-electron chi connectivity index (χ2n) is 5.14. The third-order valence-electron chi connectivity index (χ3n) is 3.23. The maximum Gasteiger partial charge on any atom is 0.340 e. The number of para-hydroxylation sites is 1. The van der Waals surface area contributed by atoms with Crippen LogP contribution in [0, 0.1) is 5.92 Å². The number of nitrogens with two attached hydrogens (primary N) is 1. The molecule has 0 saturated heterocycles. The summed E-state index contributed by atoms with van der Waals surface area (Å²) >= 11 is 0. The van der Waals surface area contributed by atoms with Gasteiger partial charge in [0.05, 0.1) is 36.2 Å². The summed E-state index contributed by atoms with van der Waals surface area (Å²) in [6.07, 6.45) is 0. The number of nitrogens with one attached hydrogen (secondary N) is 1. The first-order chi connectivity index (χ1) is 10.0. The van der Waals surface area contributed by atoms with E-state index < -0.39 is 0 Å². The first-order valence-electron chi connectivity index (χ1n) is 7.41. The maximum atomic E-state index is 12.0. The predicted molar refractivity (Wildman–Crippen MR) is 85.6 cm³/mol. The van der Waals surface area contributed by atoms with E-state index in [0.29, 0.717) is 42.7 Å². The van der Waals surface area contributed by atoms with Gasteiger partial charge in [-0.15, -0.1) is 0 Å². The van der Waals surface area contributed by atoms with Crippen LogP contribution in [0.4, 0.5) is 11.4 Å². The zero-order valence-corrected chi connectivity index (χ0v) is 13.3. The van der Waals surface area contributed by atoms with Gasteiger partial charge in [0.15, 0.2) is 0 Å². The van der Waals surface area contributed by atoms with Crippen molar-refractivity contribution in [3.8, 4) is 0 Å². The first kappa shape index (κ1) is 17.3. The highest BCUT2D eigenvalue weighted by Crippen LogP contribution is 2.26. The quantitative estimate of drug-likeness (QED) is 0.569. The Morgan fingerprint density at radius 3 is 2.57 bits per heavy atom. The van der Waals surface area contributed by atoms with Crippen molar-refractivity contribution in [3.63, 3.8) is 0 Å². The number of ether oxygens (including phenoxy) is 2. The molecule has 1 rings (SSSR count). The average Bonchev–Trinajstić information content (AvgIpc) is 2.44. The SMILES string of the molecule is CCOCC(Nc1c(N)cccc1C(=O)OCC)C(C)C. The Morgan fingerprint density at radius 1 is 1.29 bits per heavy atom. The third kappa shape index (κ3) is 4.93. The van der Waals surface area contributed by atoms with Gasteiger partial charge in [-0.25, -0.2) is 4.79 Å². The molecular formula is C16H26N2O3. The summed E-state index contributed by atoms with van der Waals surface area (Å²) in [6, 6.07) is 5.31. The highest BCUT2D eigenvalue weighted by atomic mass is 16.5. The van der Waals surface area contributed by atoms with Crippen LogP contribution in [0.1, 0.15) is 38.1 Å². The standard InChI is InChI=1S/C16H26N2O3/c1-5-20-10-14(11(3)4)18-15-12(16(19)21-6-2)8-7-9-13(15)17/h7-9,11,14,18H,5-6,10,17H2,1-4H3. The molecule has 3 N–H and O–H groups in total. The van der Waals surface area contributed by atoms with Gasteiger partial charge in [-0.05, 0) is 31.9 Å². The van der Waals surface area contributed by atoms with Crippen LogP contribution in [0.3, 0.4) is 0 Å². The smallest absolute Gasteiger partial charge is 0.340 e. The molecule has 118 valence electrons. The van der Waals surface area contributed by atoms with E-state index >= 15 is 0 Å². The van der Waals surface area contributed by atoms with Crippen LogP contribution in [0.5, 0.6) is 0 Å². The van der Waals surface area contributed by atoms with E-state index in [1.54, 1.807) is 25.1 Å². The van der Waals surface area contributed by atoms with Crippen LogP contribution in [0.25, 0.3) is 0 Å². The van der Waals surface area contributed by atoms with E-state index in [2.05, 4.69) is 19.2 Å². The van der Waals surface area contributed by atoms with Crippen LogP contribution >= 0.6 is 0 Å². The van der Waals surface area contributed by atoms with Crippen molar-refractivity contribution in [2.24, 2.45) is 5.92 Å². The molecular weight excluding hydrogens is 268 g/mol. The first-order valence-corrected chi connectivity index (χ1v) is 7.41. The summed E-state index contributed by atoms with van der Waals surface area (Å²) in [4.78, 5) is 12.0. The lowest BCUT2D eigenvalue weighted by Gasteiger charge is -2.25. The molecule has 0 radical (unpaired) electrons. The van der Waals surface area contributed by atoms with Gasteiger partial charge < -0.3 is 20.5 Å². The van der Waals surface area contributed by atoms with Gasteiger partial charge in [0.2, 0.25) is 0 Å². The second kappa shape index (κ2) is 8.52. The molecule has 1 aromatic rings. The van der Waals surface area contributed by atoms with Gasteiger partial charge in [0.25, 0.3) is 0 Å². The zero-order chi connectivity index (χ0) is 15.8. The normalized spacial score (nSPS) is 12.2. The molecule has 1 unspecified atom stereocenters. The Hall–Kier alpha value is -1.75. The summed E-state index contributed by atoms with van der Waals surface area (Å²) in [5.74, 6) is -0.0302.